The Kier molecular flexibility index (Phi) is 8.11. The van der Waals surface area contributed by atoms with Crippen LogP contribution in [0.15, 0.2) is 35.7 Å². The topological polar surface area (TPSA) is 72.8 Å². The fourth-order valence-electron chi connectivity index (χ4n) is 6.54. The van der Waals surface area contributed by atoms with Gasteiger partial charge in [-0.25, -0.2) is 0 Å². The number of ether oxygens (including phenoxy) is 2. The number of rotatable bonds is 9. The summed E-state index contributed by atoms with van der Waals surface area (Å²) in [5, 5.41) is 5.30. The number of carbonyl (C=O) groups excluding carboxylic acids is 2. The Labute approximate surface area is 246 Å². The third kappa shape index (κ3) is 5.63. The highest BCUT2D eigenvalue weighted by Crippen LogP contribution is 2.45. The third-order valence-corrected chi connectivity index (χ3v) is 9.75. The second-order valence-electron chi connectivity index (χ2n) is 12.0. The zero-order valence-electron chi connectivity index (χ0n) is 24.4. The molecular weight excluding hydrogens is 534 g/mol. The standard InChI is InChI=1S/C33H41N3O4S/c1-21(2)40-29-19-25-24(17-28(29)39-3)12-15-36-27(18-26(31(25)36)30-10-6-16-41-30)32(37)34-13-11-22-7-5-14-35(20-22)33(38)23-8-4-9-23/h6,10,16-19,21-23H,4-5,7-9,11-15,20H2,1-3H3,(H,34,37)/t22-/m1/s1. The van der Waals surface area contributed by atoms with Crippen molar-refractivity contribution in [1.82, 2.24) is 14.8 Å². The molecule has 8 heteroatoms. The lowest BCUT2D eigenvalue weighted by Gasteiger charge is -2.37. The number of carbonyl (C=O) groups is 2. The number of nitrogens with one attached hydrogen (secondary N) is 1. The molecule has 1 aromatic carbocycles. The van der Waals surface area contributed by atoms with Crippen molar-refractivity contribution in [2.75, 3.05) is 26.7 Å². The van der Waals surface area contributed by atoms with Crippen LogP contribution in [0.4, 0.5) is 0 Å². The summed E-state index contributed by atoms with van der Waals surface area (Å²) < 4.78 is 14.0. The van der Waals surface area contributed by atoms with Crippen molar-refractivity contribution >= 4 is 23.2 Å². The average molecular weight is 576 g/mol. The number of amides is 2. The van der Waals surface area contributed by atoms with E-state index in [2.05, 4.69) is 50.5 Å². The molecule has 1 saturated carbocycles. The molecule has 6 rings (SSSR count). The molecule has 2 aliphatic heterocycles. The third-order valence-electron chi connectivity index (χ3n) is 8.85. The summed E-state index contributed by atoms with van der Waals surface area (Å²) in [5.74, 6) is 2.47. The highest BCUT2D eigenvalue weighted by atomic mass is 32.1. The van der Waals surface area contributed by atoms with Gasteiger partial charge in [-0.1, -0.05) is 12.5 Å². The van der Waals surface area contributed by atoms with Crippen molar-refractivity contribution in [2.24, 2.45) is 11.8 Å². The van der Waals surface area contributed by atoms with Crippen molar-refractivity contribution < 1.29 is 19.1 Å². The van der Waals surface area contributed by atoms with Crippen LogP contribution in [0.5, 0.6) is 11.5 Å². The summed E-state index contributed by atoms with van der Waals surface area (Å²) in [6, 6.07) is 10.4. The first-order valence-corrected chi connectivity index (χ1v) is 16.0. The SMILES string of the molecule is COc1cc2c(cc1OC(C)C)-c1c(-c3cccs3)cc(C(=O)NCC[C@H]3CCCN(C(=O)C4CCC4)C3)n1CC2. The Morgan fingerprint density at radius 2 is 1.93 bits per heavy atom. The monoisotopic (exact) mass is 575 g/mol. The first kappa shape index (κ1) is 27.9. The van der Waals surface area contributed by atoms with E-state index < -0.39 is 0 Å². The number of methoxy groups -OCH3 is 1. The van der Waals surface area contributed by atoms with Gasteiger partial charge in [0.05, 0.1) is 18.9 Å². The molecule has 1 N–H and O–H groups in total. The van der Waals surface area contributed by atoms with Crippen molar-refractivity contribution in [3.63, 3.8) is 0 Å². The maximum absolute atomic E-state index is 13.6. The number of piperidine rings is 1. The maximum Gasteiger partial charge on any atom is 0.267 e. The van der Waals surface area contributed by atoms with Crippen LogP contribution >= 0.6 is 11.3 Å². The normalized spacial score (nSPS) is 18.4. The minimum absolute atomic E-state index is 0.0167. The molecular formula is C33H41N3O4S. The van der Waals surface area contributed by atoms with Gasteiger partial charge >= 0.3 is 0 Å². The van der Waals surface area contributed by atoms with Gasteiger partial charge in [0.2, 0.25) is 5.91 Å². The van der Waals surface area contributed by atoms with E-state index in [0.29, 0.717) is 24.1 Å². The summed E-state index contributed by atoms with van der Waals surface area (Å²) in [6.45, 7) is 7.08. The molecule has 2 aromatic heterocycles. The zero-order chi connectivity index (χ0) is 28.5. The lowest BCUT2D eigenvalue weighted by Crippen LogP contribution is -2.45. The van der Waals surface area contributed by atoms with Gasteiger partial charge in [0, 0.05) is 48.1 Å². The fourth-order valence-corrected chi connectivity index (χ4v) is 7.28. The smallest absolute Gasteiger partial charge is 0.267 e. The highest BCUT2D eigenvalue weighted by Gasteiger charge is 2.32. The van der Waals surface area contributed by atoms with Gasteiger partial charge < -0.3 is 24.3 Å². The van der Waals surface area contributed by atoms with Crippen LogP contribution in [-0.4, -0.2) is 54.1 Å². The number of likely N-dealkylation sites (tertiary alicyclic amines) is 1. The molecule has 1 atom stereocenters. The van der Waals surface area contributed by atoms with Crippen LogP contribution in [0.1, 0.15) is 68.4 Å². The van der Waals surface area contributed by atoms with E-state index >= 15 is 0 Å². The number of aromatic nitrogens is 1. The Balaban J connectivity index is 1.22. The predicted octanol–water partition coefficient (Wildman–Crippen LogP) is 6.39. The molecule has 1 aliphatic carbocycles. The molecule has 7 nitrogen and oxygen atoms in total. The number of hydrogen-bond acceptors (Lipinski definition) is 5. The molecule has 2 amide bonds. The van der Waals surface area contributed by atoms with Gasteiger partial charge in [-0.15, -0.1) is 11.3 Å². The Hall–Kier alpha value is -3.26. The highest BCUT2D eigenvalue weighted by molar-refractivity contribution is 7.13. The lowest BCUT2D eigenvalue weighted by molar-refractivity contribution is -0.140. The number of hydrogen-bond donors (Lipinski definition) is 1. The fraction of sp³-hybridized carbons (Fsp3) is 0.515. The van der Waals surface area contributed by atoms with E-state index in [1.807, 2.05) is 13.8 Å². The van der Waals surface area contributed by atoms with E-state index in [1.54, 1.807) is 18.4 Å². The molecule has 2 fully saturated rings. The number of fused-ring (bicyclic) bond motifs is 3. The summed E-state index contributed by atoms with van der Waals surface area (Å²) in [6.07, 6.45) is 7.18. The van der Waals surface area contributed by atoms with Gasteiger partial charge in [0.15, 0.2) is 11.5 Å². The average Bonchev–Trinajstić information content (AvgIpc) is 3.60. The van der Waals surface area contributed by atoms with Gasteiger partial charge in [-0.2, -0.15) is 0 Å². The quantitative estimate of drug-likeness (QED) is 0.321. The summed E-state index contributed by atoms with van der Waals surface area (Å²) in [5.41, 5.74) is 5.12. The van der Waals surface area contributed by atoms with Crippen molar-refractivity contribution in [1.29, 1.82) is 0 Å². The molecule has 1 saturated heterocycles. The van der Waals surface area contributed by atoms with E-state index in [-0.39, 0.29) is 17.9 Å². The minimum atomic E-state index is -0.0390. The molecule has 3 aromatic rings. The molecule has 4 heterocycles. The van der Waals surface area contributed by atoms with Crippen LogP contribution in [0.3, 0.4) is 0 Å². The van der Waals surface area contributed by atoms with Crippen LogP contribution in [0.2, 0.25) is 0 Å². The van der Waals surface area contributed by atoms with Crippen LogP contribution < -0.4 is 14.8 Å². The van der Waals surface area contributed by atoms with Crippen LogP contribution in [0.25, 0.3) is 21.7 Å². The molecule has 218 valence electrons. The number of aryl methyl sites for hydroxylation is 1. The first-order chi connectivity index (χ1) is 19.9. The molecule has 41 heavy (non-hydrogen) atoms. The lowest BCUT2D eigenvalue weighted by atomic mass is 9.83. The van der Waals surface area contributed by atoms with Crippen LogP contribution in [0, 0.1) is 11.8 Å². The molecule has 0 radical (unpaired) electrons. The van der Waals surface area contributed by atoms with Crippen molar-refractivity contribution in [3.8, 4) is 33.2 Å². The van der Waals surface area contributed by atoms with Gasteiger partial charge in [0.25, 0.3) is 5.91 Å². The van der Waals surface area contributed by atoms with Crippen molar-refractivity contribution in [2.45, 2.75) is 71.4 Å². The second-order valence-corrected chi connectivity index (χ2v) is 12.9. The second kappa shape index (κ2) is 11.9. The Morgan fingerprint density at radius 3 is 2.63 bits per heavy atom. The summed E-state index contributed by atoms with van der Waals surface area (Å²) in [7, 11) is 1.68. The molecule has 0 bridgehead atoms. The minimum Gasteiger partial charge on any atom is -0.493 e. The summed E-state index contributed by atoms with van der Waals surface area (Å²) >= 11 is 1.68. The first-order valence-electron chi connectivity index (χ1n) is 15.1. The molecule has 3 aliphatic rings. The predicted molar refractivity (Wildman–Crippen MR) is 163 cm³/mol. The zero-order valence-corrected chi connectivity index (χ0v) is 25.2. The van der Waals surface area contributed by atoms with Gasteiger partial charge in [-0.3, -0.25) is 9.59 Å². The van der Waals surface area contributed by atoms with Gasteiger partial charge in [-0.05, 0) is 93.5 Å². The number of thiophene rings is 1. The van der Waals surface area contributed by atoms with Gasteiger partial charge in [0.1, 0.15) is 5.69 Å². The molecule has 0 spiro atoms. The largest absolute Gasteiger partial charge is 0.493 e. The Morgan fingerprint density at radius 1 is 1.07 bits per heavy atom. The summed E-state index contributed by atoms with van der Waals surface area (Å²) in [4.78, 5) is 29.6. The number of nitrogens with zero attached hydrogens (tertiary/aromatic N) is 2. The van der Waals surface area contributed by atoms with E-state index in [0.717, 1.165) is 91.4 Å². The van der Waals surface area contributed by atoms with E-state index in [1.165, 1.54) is 12.0 Å². The van der Waals surface area contributed by atoms with Crippen LogP contribution in [-0.2, 0) is 17.8 Å². The van der Waals surface area contributed by atoms with Crippen molar-refractivity contribution in [3.05, 3.63) is 47.0 Å². The maximum atomic E-state index is 13.6. The number of benzene rings is 1. The van der Waals surface area contributed by atoms with E-state index in [4.69, 9.17) is 9.47 Å². The Bertz CT molecular complexity index is 1410. The molecule has 0 unspecified atom stereocenters. The van der Waals surface area contributed by atoms with E-state index in [9.17, 15) is 9.59 Å².